The Morgan fingerprint density at radius 2 is 1.88 bits per heavy atom. The molecule has 4 atom stereocenters. The molecule has 0 saturated carbocycles. The summed E-state index contributed by atoms with van der Waals surface area (Å²) < 4.78 is 21.3. The topological polar surface area (TPSA) is 49.8 Å². The molecule has 0 radical (unpaired) electrons. The van der Waals surface area contributed by atoms with E-state index >= 15 is 4.11 Å². The summed E-state index contributed by atoms with van der Waals surface area (Å²) in [7, 11) is -2.89. The Hall–Kier alpha value is -2.02. The number of aliphatic hydroxyl groups is 1. The van der Waals surface area contributed by atoms with Crippen LogP contribution < -0.4 is 4.90 Å². The van der Waals surface area contributed by atoms with Crippen LogP contribution in [0.25, 0.3) is 0 Å². The van der Waals surface area contributed by atoms with E-state index in [9.17, 15) is 9.90 Å². The second kappa shape index (κ2) is 9.46. The van der Waals surface area contributed by atoms with Crippen LogP contribution in [0.5, 0.6) is 0 Å². The molecule has 4 nitrogen and oxygen atoms in total. The number of halogens is 1. The molecule has 6 heteroatoms. The van der Waals surface area contributed by atoms with E-state index in [0.29, 0.717) is 12.8 Å². The Bertz CT molecular complexity index is 960. The number of amides is 1. The van der Waals surface area contributed by atoms with Crippen LogP contribution in [0.3, 0.4) is 0 Å². The molecule has 2 aliphatic rings. The molecule has 0 unspecified atom stereocenters. The van der Waals surface area contributed by atoms with Gasteiger partial charge in [-0.2, -0.15) is 0 Å². The second-order valence-corrected chi connectivity index (χ2v) is 13.5. The van der Waals surface area contributed by atoms with Crippen LogP contribution in [-0.4, -0.2) is 38.2 Å². The lowest BCUT2D eigenvalue weighted by Crippen LogP contribution is -2.36. The van der Waals surface area contributed by atoms with Crippen LogP contribution in [0.4, 0.5) is 15.5 Å². The van der Waals surface area contributed by atoms with Crippen molar-refractivity contribution in [1.29, 1.82) is 0 Å². The zero-order valence-electron chi connectivity index (χ0n) is 19.3. The van der Waals surface area contributed by atoms with Gasteiger partial charge < -0.3 is 14.0 Å². The first kappa shape index (κ1) is 23.1. The molecule has 172 valence electrons. The summed E-state index contributed by atoms with van der Waals surface area (Å²) in [5.41, 5.74) is 4.12. The predicted molar refractivity (Wildman–Crippen MR) is 129 cm³/mol. The number of aryl methyl sites for hydroxylation is 2. The largest absolute Gasteiger partial charge is 0.396 e. The fourth-order valence-corrected chi connectivity index (χ4v) is 8.24. The SMILES string of the molecule is C[C@H]1[C@H]([Si](C)(C)F)[C@@H](CCO)O[C@H]1CCc1cccc(N2C(=O)CCc3ccccc32)c1. The fraction of sp³-hybridized carbons (Fsp3) is 0.500. The van der Waals surface area contributed by atoms with Crippen molar-refractivity contribution < 1.29 is 18.7 Å². The van der Waals surface area contributed by atoms with E-state index in [4.69, 9.17) is 4.74 Å². The van der Waals surface area contributed by atoms with Crippen LogP contribution in [0.15, 0.2) is 48.5 Å². The zero-order valence-corrected chi connectivity index (χ0v) is 20.3. The first-order valence-corrected chi connectivity index (χ1v) is 14.7. The monoisotopic (exact) mass is 455 g/mol. The van der Waals surface area contributed by atoms with E-state index in [2.05, 4.69) is 25.1 Å². The average Bonchev–Trinajstić information content (AvgIpc) is 3.08. The summed E-state index contributed by atoms with van der Waals surface area (Å²) in [4.78, 5) is 14.6. The van der Waals surface area contributed by atoms with Crippen LogP contribution in [-0.2, 0) is 22.4 Å². The summed E-state index contributed by atoms with van der Waals surface area (Å²) in [5.74, 6) is 0.260. The van der Waals surface area contributed by atoms with E-state index in [0.717, 1.165) is 36.2 Å². The summed E-state index contributed by atoms with van der Waals surface area (Å²) in [6, 6.07) is 16.3. The smallest absolute Gasteiger partial charge is 0.246 e. The minimum Gasteiger partial charge on any atom is -0.396 e. The molecule has 1 fully saturated rings. The third-order valence-corrected chi connectivity index (χ3v) is 9.57. The molecule has 32 heavy (non-hydrogen) atoms. The minimum atomic E-state index is -2.89. The molecular weight excluding hydrogens is 421 g/mol. The molecule has 2 heterocycles. The van der Waals surface area contributed by atoms with Gasteiger partial charge in [0.1, 0.15) is 0 Å². The normalized spacial score (nSPS) is 25.8. The van der Waals surface area contributed by atoms with Crippen molar-refractivity contribution in [3.8, 4) is 0 Å². The van der Waals surface area contributed by atoms with Gasteiger partial charge in [-0.25, -0.2) is 0 Å². The molecule has 0 aromatic heterocycles. The number of fused-ring (bicyclic) bond motifs is 1. The van der Waals surface area contributed by atoms with Crippen molar-refractivity contribution >= 4 is 25.7 Å². The molecule has 0 bridgehead atoms. The van der Waals surface area contributed by atoms with E-state index in [-0.39, 0.29) is 36.2 Å². The van der Waals surface area contributed by atoms with E-state index in [1.165, 1.54) is 5.56 Å². The third kappa shape index (κ3) is 4.68. The summed E-state index contributed by atoms with van der Waals surface area (Å²) in [6.07, 6.45) is 3.20. The van der Waals surface area contributed by atoms with Crippen LogP contribution >= 0.6 is 0 Å². The number of aliphatic hydroxyl groups excluding tert-OH is 1. The van der Waals surface area contributed by atoms with E-state index in [1.54, 1.807) is 13.1 Å². The molecule has 1 saturated heterocycles. The van der Waals surface area contributed by atoms with Gasteiger partial charge >= 0.3 is 0 Å². The van der Waals surface area contributed by atoms with Crippen LogP contribution in [0.1, 0.15) is 37.3 Å². The van der Waals surface area contributed by atoms with Gasteiger partial charge in [-0.1, -0.05) is 37.3 Å². The first-order chi connectivity index (χ1) is 15.3. The number of ether oxygens (including phenoxy) is 1. The van der Waals surface area contributed by atoms with Gasteiger partial charge in [-0.3, -0.25) is 9.69 Å². The van der Waals surface area contributed by atoms with Gasteiger partial charge in [0, 0.05) is 24.3 Å². The highest BCUT2D eigenvalue weighted by molar-refractivity contribution is 6.72. The van der Waals surface area contributed by atoms with Crippen molar-refractivity contribution in [2.24, 2.45) is 5.92 Å². The highest BCUT2D eigenvalue weighted by Gasteiger charge is 2.50. The molecule has 1 amide bonds. The molecule has 0 spiro atoms. The number of rotatable bonds is 7. The number of carbonyl (C=O) groups excluding carboxylic acids is 1. The highest BCUT2D eigenvalue weighted by atomic mass is 28.4. The number of para-hydroxylation sites is 1. The number of anilines is 2. The van der Waals surface area contributed by atoms with E-state index in [1.807, 2.05) is 35.2 Å². The van der Waals surface area contributed by atoms with Crippen molar-refractivity contribution in [3.63, 3.8) is 0 Å². The van der Waals surface area contributed by atoms with Gasteiger partial charge in [0.25, 0.3) is 0 Å². The highest BCUT2D eigenvalue weighted by Crippen LogP contribution is 2.46. The summed E-state index contributed by atoms with van der Waals surface area (Å²) >= 11 is 0. The number of nitrogens with zero attached hydrogens (tertiary/aromatic N) is 1. The molecule has 4 rings (SSSR count). The lowest BCUT2D eigenvalue weighted by molar-refractivity contribution is -0.118. The molecule has 2 aromatic rings. The van der Waals surface area contributed by atoms with Gasteiger partial charge in [0.2, 0.25) is 14.3 Å². The molecular formula is C26H34FNO3Si. The third-order valence-electron chi connectivity index (χ3n) is 7.09. The zero-order chi connectivity index (χ0) is 22.9. The summed E-state index contributed by atoms with van der Waals surface area (Å²) in [5, 5.41) is 9.42. The standard InChI is InChI=1S/C26H34FNO3Si/c1-18-23(31-24(15-16-29)26(18)32(2,3)27)13-11-19-7-6-9-21(17-19)28-22-10-5-4-8-20(22)12-14-25(28)30/h4-10,17-18,23-24,26,29H,11-16H2,1-3H3/t18-,23+,24-,26+/m1/s1. The van der Waals surface area contributed by atoms with Gasteiger partial charge in [0.05, 0.1) is 17.9 Å². The predicted octanol–water partition coefficient (Wildman–Crippen LogP) is 5.56. The maximum absolute atomic E-state index is 15.0. The molecule has 0 aliphatic carbocycles. The van der Waals surface area contributed by atoms with Crippen LogP contribution in [0, 0.1) is 5.92 Å². The lowest BCUT2D eigenvalue weighted by atomic mass is 9.95. The quantitative estimate of drug-likeness (QED) is 0.439. The van der Waals surface area contributed by atoms with Crippen molar-refractivity contribution in [2.75, 3.05) is 11.5 Å². The molecule has 2 aliphatic heterocycles. The Balaban J connectivity index is 1.49. The second-order valence-electron chi connectivity index (χ2n) is 9.74. The Morgan fingerprint density at radius 1 is 1.09 bits per heavy atom. The lowest BCUT2D eigenvalue weighted by Gasteiger charge is -2.30. The summed E-state index contributed by atoms with van der Waals surface area (Å²) in [6.45, 7) is 5.63. The van der Waals surface area contributed by atoms with E-state index < -0.39 is 8.41 Å². The van der Waals surface area contributed by atoms with Crippen molar-refractivity contribution in [2.45, 2.75) is 69.9 Å². The molecule has 2 aromatic carbocycles. The maximum atomic E-state index is 15.0. The number of carbonyl (C=O) groups is 1. The minimum absolute atomic E-state index is 0.0138. The van der Waals surface area contributed by atoms with Gasteiger partial charge in [-0.05, 0) is 74.0 Å². The van der Waals surface area contributed by atoms with Crippen LogP contribution in [0.2, 0.25) is 18.6 Å². The first-order valence-electron chi connectivity index (χ1n) is 11.7. The van der Waals surface area contributed by atoms with Gasteiger partial charge in [-0.15, -0.1) is 0 Å². The Labute approximate surface area is 191 Å². The Morgan fingerprint density at radius 3 is 2.62 bits per heavy atom. The number of hydrogen-bond donors (Lipinski definition) is 1. The van der Waals surface area contributed by atoms with Gasteiger partial charge in [0.15, 0.2) is 0 Å². The fourth-order valence-electron chi connectivity index (χ4n) is 5.65. The Kier molecular flexibility index (Phi) is 6.84. The van der Waals surface area contributed by atoms with Crippen molar-refractivity contribution in [3.05, 3.63) is 59.7 Å². The number of benzene rings is 2. The number of hydrogen-bond acceptors (Lipinski definition) is 3. The van der Waals surface area contributed by atoms with Crippen molar-refractivity contribution in [1.82, 2.24) is 0 Å². The average molecular weight is 456 g/mol. The molecule has 1 N–H and O–H groups in total. The maximum Gasteiger partial charge on any atom is 0.246 e.